The normalized spacial score (nSPS) is 26.2. The molecule has 2 N–H and O–H groups in total. The van der Waals surface area contributed by atoms with Gasteiger partial charge in [0.1, 0.15) is 17.9 Å². The van der Waals surface area contributed by atoms with Crippen LogP contribution in [0.15, 0.2) is 66.0 Å². The summed E-state index contributed by atoms with van der Waals surface area (Å²) >= 11 is 1.69. The Balaban J connectivity index is 1.33. The standard InChI is InChI=1S/C31H35N3O5S/c35-27-11-9-23-12-15-38-28-17-22(21-5-2-1-3-6-21)8-10-25(28)31(37)34-14-13-33(19-24-7-4-16-40-24)20-26(34)30(36)32-18-29(27)39-23/h1-8,10,16-17,23,26-27,29,35H,9,11-15,18-20H2,(H,32,36)/t23-,26-,27-,29+/m0/s1. The van der Waals surface area contributed by atoms with E-state index in [2.05, 4.69) is 16.3 Å². The van der Waals surface area contributed by atoms with Gasteiger partial charge in [0.25, 0.3) is 5.91 Å². The minimum atomic E-state index is -0.678. The highest BCUT2D eigenvalue weighted by molar-refractivity contribution is 7.09. The average molecular weight is 562 g/mol. The van der Waals surface area contributed by atoms with Crippen molar-refractivity contribution >= 4 is 23.2 Å². The Kier molecular flexibility index (Phi) is 8.15. The lowest BCUT2D eigenvalue weighted by Gasteiger charge is -2.41. The number of carbonyl (C=O) groups is 2. The van der Waals surface area contributed by atoms with Crippen molar-refractivity contribution in [2.24, 2.45) is 0 Å². The summed E-state index contributed by atoms with van der Waals surface area (Å²) in [7, 11) is 0. The number of hydrogen-bond acceptors (Lipinski definition) is 7. The zero-order chi connectivity index (χ0) is 27.5. The molecule has 6 rings (SSSR count). The molecule has 2 aromatic carbocycles. The lowest BCUT2D eigenvalue weighted by Crippen LogP contribution is -2.61. The fraction of sp³-hybridized carbons (Fsp3) is 0.419. The van der Waals surface area contributed by atoms with Gasteiger partial charge in [-0.25, -0.2) is 0 Å². The Morgan fingerprint density at radius 2 is 1.85 bits per heavy atom. The number of amides is 2. The molecule has 2 fully saturated rings. The van der Waals surface area contributed by atoms with Gasteiger partial charge in [-0.15, -0.1) is 11.3 Å². The van der Waals surface area contributed by atoms with Crippen LogP contribution in [0.2, 0.25) is 0 Å². The van der Waals surface area contributed by atoms with Crippen LogP contribution >= 0.6 is 11.3 Å². The zero-order valence-corrected chi connectivity index (χ0v) is 23.2. The molecule has 3 aliphatic heterocycles. The molecule has 4 heterocycles. The number of piperazine rings is 1. The fourth-order valence-corrected chi connectivity index (χ4v) is 6.57. The molecule has 2 amide bonds. The first-order valence-corrected chi connectivity index (χ1v) is 14.9. The average Bonchev–Trinajstić information content (AvgIpc) is 3.50. The summed E-state index contributed by atoms with van der Waals surface area (Å²) in [5.74, 6) is 0.0673. The zero-order valence-electron chi connectivity index (χ0n) is 22.4. The number of aliphatic hydroxyl groups is 1. The van der Waals surface area contributed by atoms with Crippen LogP contribution in [0.4, 0.5) is 0 Å². The maximum Gasteiger partial charge on any atom is 0.258 e. The molecule has 8 nitrogen and oxygen atoms in total. The molecule has 0 saturated carbocycles. The highest BCUT2D eigenvalue weighted by Gasteiger charge is 2.38. The van der Waals surface area contributed by atoms with Crippen LogP contribution in [0.5, 0.6) is 5.75 Å². The van der Waals surface area contributed by atoms with Crippen molar-refractivity contribution in [1.29, 1.82) is 0 Å². The minimum Gasteiger partial charge on any atom is -0.493 e. The van der Waals surface area contributed by atoms with Crippen LogP contribution in [-0.2, 0) is 16.1 Å². The first-order valence-electron chi connectivity index (χ1n) is 14.0. The number of aliphatic hydroxyl groups excluding tert-OH is 1. The number of rotatable bonds is 3. The SMILES string of the molecule is O=C1NC[C@H]2O[C@H](CCOc3cc(-c4ccccc4)ccc3C(=O)N3CCN(Cc4cccs4)C[C@@H]13)CC[C@@H]2O. The van der Waals surface area contributed by atoms with Gasteiger partial charge in [-0.05, 0) is 47.5 Å². The molecule has 0 unspecified atom stereocenters. The van der Waals surface area contributed by atoms with E-state index in [1.807, 2.05) is 60.0 Å². The third kappa shape index (κ3) is 5.93. The quantitative estimate of drug-likeness (QED) is 0.509. The third-order valence-corrected chi connectivity index (χ3v) is 8.92. The molecular formula is C31H35N3O5S. The Labute approximate surface area is 238 Å². The molecule has 4 atom stereocenters. The van der Waals surface area contributed by atoms with Crippen LogP contribution in [0, 0.1) is 0 Å². The van der Waals surface area contributed by atoms with Crippen LogP contribution in [0.1, 0.15) is 34.5 Å². The second-order valence-electron chi connectivity index (χ2n) is 10.7. The van der Waals surface area contributed by atoms with Gasteiger partial charge in [-0.1, -0.05) is 42.5 Å². The maximum atomic E-state index is 14.1. The lowest BCUT2D eigenvalue weighted by atomic mass is 9.98. The Hall–Kier alpha value is -3.24. The van der Waals surface area contributed by atoms with Crippen molar-refractivity contribution in [3.05, 3.63) is 76.5 Å². The molecule has 3 aromatic rings. The van der Waals surface area contributed by atoms with Crippen molar-refractivity contribution in [2.75, 3.05) is 32.8 Å². The Morgan fingerprint density at radius 3 is 2.67 bits per heavy atom. The van der Waals surface area contributed by atoms with E-state index in [9.17, 15) is 14.7 Å². The number of thiophene rings is 1. The van der Waals surface area contributed by atoms with Gasteiger partial charge >= 0.3 is 0 Å². The smallest absolute Gasteiger partial charge is 0.258 e. The summed E-state index contributed by atoms with van der Waals surface area (Å²) < 4.78 is 12.5. The Bertz CT molecular complexity index is 1320. The van der Waals surface area contributed by atoms with Gasteiger partial charge in [0, 0.05) is 44.0 Å². The van der Waals surface area contributed by atoms with Gasteiger partial charge < -0.3 is 24.8 Å². The number of fused-ring (bicyclic) bond motifs is 4. The second kappa shape index (κ2) is 12.1. The summed E-state index contributed by atoms with van der Waals surface area (Å²) in [6.07, 6.45) is 0.750. The van der Waals surface area contributed by atoms with E-state index in [4.69, 9.17) is 9.47 Å². The molecule has 9 heteroatoms. The summed E-state index contributed by atoms with van der Waals surface area (Å²) in [6.45, 7) is 2.83. The number of nitrogens with one attached hydrogen (secondary N) is 1. The van der Waals surface area contributed by atoms with E-state index >= 15 is 0 Å². The summed E-state index contributed by atoms with van der Waals surface area (Å²) in [4.78, 5) is 32.8. The summed E-state index contributed by atoms with van der Waals surface area (Å²) in [6, 6.07) is 19.1. The van der Waals surface area contributed by atoms with E-state index < -0.39 is 18.2 Å². The molecule has 0 radical (unpaired) electrons. The van der Waals surface area contributed by atoms with Crippen LogP contribution in [0.25, 0.3) is 11.1 Å². The Morgan fingerprint density at radius 1 is 0.975 bits per heavy atom. The topological polar surface area (TPSA) is 91.3 Å². The highest BCUT2D eigenvalue weighted by Crippen LogP contribution is 2.31. The lowest BCUT2D eigenvalue weighted by molar-refractivity contribution is -0.135. The fourth-order valence-electron chi connectivity index (χ4n) is 5.82. The van der Waals surface area contributed by atoms with Crippen molar-refractivity contribution in [2.45, 2.75) is 50.2 Å². The van der Waals surface area contributed by atoms with Crippen molar-refractivity contribution < 1.29 is 24.2 Å². The first kappa shape index (κ1) is 27.0. The number of ether oxygens (including phenoxy) is 2. The number of benzene rings is 2. The van der Waals surface area contributed by atoms with Gasteiger partial charge in [-0.2, -0.15) is 0 Å². The summed E-state index contributed by atoms with van der Waals surface area (Å²) in [5, 5.41) is 15.6. The molecule has 2 bridgehead atoms. The predicted octanol–water partition coefficient (Wildman–Crippen LogP) is 3.55. The van der Waals surface area contributed by atoms with E-state index in [1.54, 1.807) is 16.2 Å². The van der Waals surface area contributed by atoms with Crippen LogP contribution < -0.4 is 10.1 Å². The van der Waals surface area contributed by atoms with Crippen molar-refractivity contribution in [1.82, 2.24) is 15.1 Å². The van der Waals surface area contributed by atoms with Gasteiger partial charge in [0.2, 0.25) is 5.91 Å². The minimum absolute atomic E-state index is 0.0860. The first-order chi connectivity index (χ1) is 19.5. The molecular weight excluding hydrogens is 526 g/mol. The van der Waals surface area contributed by atoms with Gasteiger partial charge in [0.05, 0.1) is 24.4 Å². The second-order valence-corrected chi connectivity index (χ2v) is 11.8. The van der Waals surface area contributed by atoms with E-state index in [1.165, 1.54) is 4.88 Å². The maximum absolute atomic E-state index is 14.1. The third-order valence-electron chi connectivity index (χ3n) is 8.06. The van der Waals surface area contributed by atoms with E-state index in [0.717, 1.165) is 24.1 Å². The largest absolute Gasteiger partial charge is 0.493 e. The number of nitrogens with zero attached hydrogens (tertiary/aromatic N) is 2. The predicted molar refractivity (Wildman–Crippen MR) is 153 cm³/mol. The van der Waals surface area contributed by atoms with Crippen LogP contribution in [0.3, 0.4) is 0 Å². The number of carbonyl (C=O) groups excluding carboxylic acids is 2. The number of hydrogen-bond donors (Lipinski definition) is 2. The molecule has 2 saturated heterocycles. The highest BCUT2D eigenvalue weighted by atomic mass is 32.1. The molecule has 0 aliphatic carbocycles. The molecule has 3 aliphatic rings. The molecule has 40 heavy (non-hydrogen) atoms. The van der Waals surface area contributed by atoms with Crippen molar-refractivity contribution in [3.63, 3.8) is 0 Å². The molecule has 210 valence electrons. The van der Waals surface area contributed by atoms with Gasteiger partial charge in [-0.3, -0.25) is 14.5 Å². The van der Waals surface area contributed by atoms with E-state index in [-0.39, 0.29) is 24.5 Å². The van der Waals surface area contributed by atoms with E-state index in [0.29, 0.717) is 50.4 Å². The van der Waals surface area contributed by atoms with Crippen molar-refractivity contribution in [3.8, 4) is 16.9 Å². The molecule has 0 spiro atoms. The summed E-state index contributed by atoms with van der Waals surface area (Å²) in [5.41, 5.74) is 2.45. The molecule has 1 aromatic heterocycles. The van der Waals surface area contributed by atoms with Gasteiger partial charge in [0.15, 0.2) is 0 Å². The van der Waals surface area contributed by atoms with Crippen LogP contribution in [-0.4, -0.2) is 83.9 Å². The monoisotopic (exact) mass is 561 g/mol.